The second kappa shape index (κ2) is 4.82. The summed E-state index contributed by atoms with van der Waals surface area (Å²) in [5, 5.41) is 1.56. The minimum atomic E-state index is -1.66. The van der Waals surface area contributed by atoms with Gasteiger partial charge < -0.3 is 4.98 Å². The highest BCUT2D eigenvalue weighted by Crippen LogP contribution is 2.36. The highest BCUT2D eigenvalue weighted by molar-refractivity contribution is 6.88. The van der Waals surface area contributed by atoms with E-state index in [1.54, 1.807) is 10.8 Å². The number of fused-ring (bicyclic) bond motifs is 3. The summed E-state index contributed by atoms with van der Waals surface area (Å²) in [7, 11) is -1.66. The van der Waals surface area contributed by atoms with Crippen molar-refractivity contribution in [2.45, 2.75) is 45.8 Å². The third kappa shape index (κ3) is 2.70. The lowest BCUT2D eigenvalue weighted by Crippen LogP contribution is -2.62. The number of hydrogen-bond donors (Lipinski definition) is 1. The predicted octanol–water partition coefficient (Wildman–Crippen LogP) is 4.06. The summed E-state index contributed by atoms with van der Waals surface area (Å²) in [5.41, 5.74) is 6.05. The first kappa shape index (κ1) is 14.5. The van der Waals surface area contributed by atoms with E-state index in [1.807, 2.05) is 0 Å². The third-order valence-electron chi connectivity index (χ3n) is 4.21. The van der Waals surface area contributed by atoms with Gasteiger partial charge >= 0.3 is 0 Å². The maximum atomic E-state index is 3.91. The Morgan fingerprint density at radius 2 is 1.57 bits per heavy atom. The Kier molecular flexibility index (Phi) is 3.34. The molecule has 1 aliphatic carbocycles. The number of benzene rings is 2. The van der Waals surface area contributed by atoms with Crippen LogP contribution in [0.2, 0.25) is 13.1 Å². The van der Waals surface area contributed by atoms with Gasteiger partial charge in [-0.3, -0.25) is 0 Å². The Balaban J connectivity index is 2.08. The van der Waals surface area contributed by atoms with Crippen LogP contribution in [-0.2, 0) is 6.42 Å². The average molecular weight is 296 g/mol. The lowest BCUT2D eigenvalue weighted by atomic mass is 10.1. The summed E-state index contributed by atoms with van der Waals surface area (Å²) >= 11 is 0. The molecule has 0 heterocycles. The molecule has 0 aromatic heterocycles. The van der Waals surface area contributed by atoms with Gasteiger partial charge in [-0.05, 0) is 54.6 Å². The summed E-state index contributed by atoms with van der Waals surface area (Å²) in [6, 6.07) is 15.7. The van der Waals surface area contributed by atoms with Crippen molar-refractivity contribution in [1.82, 2.24) is 4.98 Å². The molecule has 0 spiro atoms. The quantitative estimate of drug-likeness (QED) is 0.703. The SMILES string of the molecule is CC(C)(C)N[Si](C)(C)c1cccc2c1Cc1ccccc1-2. The van der Waals surface area contributed by atoms with Crippen molar-refractivity contribution in [3.63, 3.8) is 0 Å². The van der Waals surface area contributed by atoms with Crippen LogP contribution < -0.4 is 10.2 Å². The fourth-order valence-electron chi connectivity index (χ4n) is 3.75. The normalized spacial score (nSPS) is 14.0. The molecule has 0 saturated heterocycles. The fraction of sp³-hybridized carbons (Fsp3) is 0.368. The van der Waals surface area contributed by atoms with Crippen molar-refractivity contribution in [3.05, 3.63) is 53.6 Å². The van der Waals surface area contributed by atoms with Crippen molar-refractivity contribution in [2.75, 3.05) is 0 Å². The van der Waals surface area contributed by atoms with Crippen LogP contribution >= 0.6 is 0 Å². The smallest absolute Gasteiger partial charge is 0.152 e. The zero-order valence-corrected chi connectivity index (χ0v) is 14.7. The maximum Gasteiger partial charge on any atom is 0.152 e. The summed E-state index contributed by atoms with van der Waals surface area (Å²) in [6.45, 7) is 11.6. The summed E-state index contributed by atoms with van der Waals surface area (Å²) in [4.78, 5) is 3.91. The Morgan fingerprint density at radius 1 is 0.905 bits per heavy atom. The second-order valence-electron chi connectivity index (χ2n) is 7.67. The molecule has 1 N–H and O–H groups in total. The summed E-state index contributed by atoms with van der Waals surface area (Å²) < 4.78 is 0. The van der Waals surface area contributed by atoms with E-state index >= 15 is 0 Å². The van der Waals surface area contributed by atoms with Gasteiger partial charge in [0.25, 0.3) is 0 Å². The van der Waals surface area contributed by atoms with Gasteiger partial charge in [0.05, 0.1) is 0 Å². The molecule has 0 amide bonds. The van der Waals surface area contributed by atoms with E-state index in [-0.39, 0.29) is 5.54 Å². The molecular formula is C19H25NSi. The van der Waals surface area contributed by atoms with Crippen LogP contribution in [0, 0.1) is 0 Å². The average Bonchev–Trinajstić information content (AvgIpc) is 2.74. The molecule has 110 valence electrons. The molecule has 1 aliphatic rings. The fourth-order valence-corrected chi connectivity index (χ4v) is 7.25. The van der Waals surface area contributed by atoms with E-state index in [1.165, 1.54) is 16.7 Å². The Bertz CT molecular complexity index is 680. The van der Waals surface area contributed by atoms with Crippen LogP contribution in [0.25, 0.3) is 11.1 Å². The largest absolute Gasteiger partial charge is 0.329 e. The van der Waals surface area contributed by atoms with Crippen LogP contribution in [0.4, 0.5) is 0 Å². The molecule has 3 rings (SSSR count). The van der Waals surface area contributed by atoms with Gasteiger partial charge in [-0.25, -0.2) is 0 Å². The highest BCUT2D eigenvalue weighted by atomic mass is 28.3. The van der Waals surface area contributed by atoms with Gasteiger partial charge in [0.2, 0.25) is 0 Å². The van der Waals surface area contributed by atoms with Crippen molar-refractivity contribution < 1.29 is 0 Å². The lowest BCUT2D eigenvalue weighted by molar-refractivity contribution is 0.515. The molecule has 0 aliphatic heterocycles. The van der Waals surface area contributed by atoms with Gasteiger partial charge in [-0.1, -0.05) is 55.6 Å². The van der Waals surface area contributed by atoms with Crippen molar-refractivity contribution in [3.8, 4) is 11.1 Å². The van der Waals surface area contributed by atoms with Gasteiger partial charge in [-0.2, -0.15) is 0 Å². The molecule has 0 atom stereocenters. The zero-order chi connectivity index (χ0) is 15.3. The zero-order valence-electron chi connectivity index (χ0n) is 13.7. The Hall–Kier alpha value is -1.38. The minimum absolute atomic E-state index is 0.157. The number of nitrogens with one attached hydrogen (secondary N) is 1. The van der Waals surface area contributed by atoms with Gasteiger partial charge in [0, 0.05) is 5.54 Å². The molecule has 0 saturated carbocycles. The molecule has 0 bridgehead atoms. The minimum Gasteiger partial charge on any atom is -0.329 e. The van der Waals surface area contributed by atoms with Crippen molar-refractivity contribution in [2.24, 2.45) is 0 Å². The molecule has 21 heavy (non-hydrogen) atoms. The molecule has 2 aromatic rings. The first-order valence-electron chi connectivity index (χ1n) is 7.78. The standard InChI is InChI=1S/C19H25NSi/c1-19(2,3)20-21(4,5)18-12-8-11-16-15-10-7-6-9-14(15)13-17(16)18/h6-12,20H,13H2,1-5H3. The number of hydrogen-bond acceptors (Lipinski definition) is 1. The van der Waals surface area contributed by atoms with E-state index in [9.17, 15) is 0 Å². The van der Waals surface area contributed by atoms with Crippen LogP contribution in [0.5, 0.6) is 0 Å². The monoisotopic (exact) mass is 295 g/mol. The Labute approximate surface area is 129 Å². The predicted molar refractivity (Wildman–Crippen MR) is 94.7 cm³/mol. The third-order valence-corrected chi connectivity index (χ3v) is 7.40. The molecule has 0 unspecified atom stereocenters. The molecule has 2 heteroatoms. The molecular weight excluding hydrogens is 270 g/mol. The van der Waals surface area contributed by atoms with Gasteiger partial charge in [0.1, 0.15) is 0 Å². The van der Waals surface area contributed by atoms with E-state index in [2.05, 4.69) is 81.3 Å². The summed E-state index contributed by atoms with van der Waals surface area (Å²) in [6.07, 6.45) is 1.09. The van der Waals surface area contributed by atoms with Crippen LogP contribution in [0.15, 0.2) is 42.5 Å². The maximum absolute atomic E-state index is 3.91. The van der Waals surface area contributed by atoms with Crippen LogP contribution in [0.1, 0.15) is 31.9 Å². The van der Waals surface area contributed by atoms with Crippen LogP contribution in [-0.4, -0.2) is 13.8 Å². The molecule has 0 fully saturated rings. The molecule has 2 aromatic carbocycles. The van der Waals surface area contributed by atoms with E-state index in [4.69, 9.17) is 0 Å². The topological polar surface area (TPSA) is 12.0 Å². The molecule has 1 nitrogen and oxygen atoms in total. The van der Waals surface area contributed by atoms with Crippen molar-refractivity contribution in [1.29, 1.82) is 0 Å². The first-order valence-corrected chi connectivity index (χ1v) is 10.8. The highest BCUT2D eigenvalue weighted by Gasteiger charge is 2.33. The van der Waals surface area contributed by atoms with E-state index < -0.39 is 8.24 Å². The van der Waals surface area contributed by atoms with Crippen molar-refractivity contribution >= 4 is 13.4 Å². The number of rotatable bonds is 2. The van der Waals surface area contributed by atoms with Gasteiger partial charge in [-0.15, -0.1) is 0 Å². The molecule has 0 radical (unpaired) electrons. The Morgan fingerprint density at radius 3 is 2.29 bits per heavy atom. The van der Waals surface area contributed by atoms with Crippen LogP contribution in [0.3, 0.4) is 0 Å². The second-order valence-corrected chi connectivity index (χ2v) is 11.7. The van der Waals surface area contributed by atoms with Gasteiger partial charge in [0.15, 0.2) is 8.24 Å². The van der Waals surface area contributed by atoms with E-state index in [0.29, 0.717) is 0 Å². The first-order chi connectivity index (χ1) is 9.78. The van der Waals surface area contributed by atoms with E-state index in [0.717, 1.165) is 6.42 Å². The summed E-state index contributed by atoms with van der Waals surface area (Å²) in [5.74, 6) is 0. The lowest BCUT2D eigenvalue weighted by Gasteiger charge is -2.35.